The van der Waals surface area contributed by atoms with Gasteiger partial charge in [0.1, 0.15) is 28.9 Å². The summed E-state index contributed by atoms with van der Waals surface area (Å²) < 4.78 is 92.5. The van der Waals surface area contributed by atoms with Crippen LogP contribution in [0.2, 0.25) is 0 Å². The van der Waals surface area contributed by atoms with Gasteiger partial charge in [0.2, 0.25) is 0 Å². The van der Waals surface area contributed by atoms with E-state index in [9.17, 15) is 22.8 Å². The van der Waals surface area contributed by atoms with Crippen LogP contribution in [-0.4, -0.2) is 145 Å². The van der Waals surface area contributed by atoms with E-state index in [1.54, 1.807) is 12.1 Å². The van der Waals surface area contributed by atoms with Crippen molar-refractivity contribution in [1.29, 1.82) is 0 Å². The smallest absolute Gasteiger partial charge is 0.294 e. The van der Waals surface area contributed by atoms with E-state index >= 15 is 0 Å². The summed E-state index contributed by atoms with van der Waals surface area (Å²) in [5, 5.41) is 0.194. The molecule has 23 aliphatic rings. The van der Waals surface area contributed by atoms with Crippen molar-refractivity contribution in [2.24, 2.45) is 183 Å². The molecule has 0 amide bonds. The molecule has 1 aromatic carbocycles. The van der Waals surface area contributed by atoms with Crippen LogP contribution in [0.5, 0.6) is 0 Å². The molecule has 3 aliphatic heterocycles. The molecule has 2 spiro atoms. The van der Waals surface area contributed by atoms with Crippen molar-refractivity contribution in [3.05, 3.63) is 90.0 Å². The molecule has 0 bridgehead atoms. The van der Waals surface area contributed by atoms with E-state index in [1.165, 1.54) is 152 Å². The van der Waals surface area contributed by atoms with E-state index in [-0.39, 0.29) is 83.5 Å². The third-order valence-corrected chi connectivity index (χ3v) is 46.5. The zero-order valence-electron chi connectivity index (χ0n) is 88.4. The van der Waals surface area contributed by atoms with Gasteiger partial charge in [-0.15, -0.1) is 23.2 Å². The number of hydrogen-bond acceptors (Lipinski definition) is 15. The van der Waals surface area contributed by atoms with Gasteiger partial charge in [-0.2, -0.15) is 8.42 Å². The fourth-order valence-corrected chi connectivity index (χ4v) is 38.8. The Hall–Kier alpha value is -3.18. The van der Waals surface area contributed by atoms with Crippen molar-refractivity contribution in [1.82, 2.24) is 0 Å². The van der Waals surface area contributed by atoms with Crippen LogP contribution < -0.4 is 0 Å². The number of carbonyl (C=O) groups is 3. The van der Waals surface area contributed by atoms with Crippen molar-refractivity contribution >= 4 is 50.7 Å². The summed E-state index contributed by atoms with van der Waals surface area (Å²) in [7, 11) is 5.48. The number of hydrogen-bond donors (Lipinski definition) is 1. The number of allylic oxidation sites excluding steroid dienone is 10. The first-order valence-corrected chi connectivity index (χ1v) is 57.4. The zero-order chi connectivity index (χ0) is 97.8. The monoisotopic (exact) mass is 1970 g/mol. The molecular weight excluding hydrogens is 1790 g/mol. The summed E-state index contributed by atoms with van der Waals surface area (Å²) in [6.07, 6.45) is 61.9. The second-order valence-corrected chi connectivity index (χ2v) is 55.3. The predicted molar refractivity (Wildman–Crippen MR) is 544 cm³/mol. The highest BCUT2D eigenvalue weighted by atomic mass is 35.5. The van der Waals surface area contributed by atoms with Crippen molar-refractivity contribution in [2.45, 2.75) is 376 Å². The van der Waals surface area contributed by atoms with Gasteiger partial charge in [-0.25, -0.2) is 0 Å². The SMILES string of the molecule is CO[C@H]1C[C@@]2(C)[C@@H](CCC23OCC(C)(C)CO3)[C@@H]2CC[C@H]3C=CCC[C@]3(C)[C@H]21.CO[C@H]1C[C@@]2(C)[C@@H](CCC23OCC(C)(C)CO3)[C@@H]2CC[C@H]3CC=CC[C@]3(C)[C@H]21.CO[C@H]1C[C@]2(C)C(=O)CC[C@H]2[C@@H]2CC[C@H]3C=CCC[C@]3(C)[C@H]21.CO[C@H]1C[C@]2(C)C(=O)CC[C@H]2[C@@H]2CC[C@H]3CC4=C(C[C@]3(C)[C@H]21)O4.CO[C@H]1C[C@]2(C)C(=O)CC[C@H]2[C@@H]2CC[C@H]3CC=CC[C@]3(C)[C@H]21.Cc1ccc(S(=O)(=O)O)cc1.ClCCl.O. The van der Waals surface area contributed by atoms with Crippen LogP contribution in [0, 0.1) is 190 Å². The van der Waals surface area contributed by atoms with E-state index in [0.717, 1.165) is 170 Å². The lowest BCUT2D eigenvalue weighted by atomic mass is 9.45. The summed E-state index contributed by atoms with van der Waals surface area (Å²) in [6.45, 7) is 38.4. The van der Waals surface area contributed by atoms with E-state index in [4.69, 9.17) is 75.1 Å². The second kappa shape index (κ2) is 39.4. The predicted octanol–water partition coefficient (Wildman–Crippen LogP) is 25.9. The largest absolute Gasteiger partial charge is 0.459 e. The van der Waals surface area contributed by atoms with Crippen LogP contribution in [0.25, 0.3) is 0 Å². The highest BCUT2D eigenvalue weighted by Crippen LogP contribution is 2.76. The molecule has 138 heavy (non-hydrogen) atoms. The first kappa shape index (κ1) is 106. The molecule has 1 aromatic rings. The summed E-state index contributed by atoms with van der Waals surface area (Å²) in [6, 6.07) is 5.99. The normalized spacial score (nSPS) is 48.0. The molecule has 0 unspecified atom stereocenters. The van der Waals surface area contributed by atoms with Crippen LogP contribution >= 0.6 is 23.2 Å². The van der Waals surface area contributed by atoms with Gasteiger partial charge in [0, 0.05) is 118 Å². The van der Waals surface area contributed by atoms with E-state index < -0.39 is 10.1 Å². The van der Waals surface area contributed by atoms with Gasteiger partial charge in [-0.1, -0.05) is 163 Å². The molecule has 24 rings (SSSR count). The Morgan fingerprint density at radius 3 is 1.09 bits per heavy atom. The number of rotatable bonds is 6. The summed E-state index contributed by atoms with van der Waals surface area (Å²) in [5.74, 6) is 17.1. The van der Waals surface area contributed by atoms with Crippen LogP contribution in [-0.2, 0) is 71.9 Å². The first-order chi connectivity index (χ1) is 64.9. The standard InChI is InChI=1S/2C25H40O3.C20H28O3.2C20H30O2.C7H8O3S.CH2Cl2.H2O/c2*1-22(2)15-27-25(28-16-22)13-11-19-18-10-9-17-8-6-7-12-23(17,3)21(18)20(26-5)14-24(19,25)4;1-19-9-15-14(23-15)8-11(19)4-5-12-13-6-7-17(21)20(13,2)10-16(22-3)18(12)19;2*1-19-11-5-4-6-13(19)7-8-14-15-9-10-17(21)20(15,2)12-16(22-3)18(14)19;1-6-2-4-7(5-3-6)11(8,9)10;2-1-3;/h6,8,17-21H,7,9-16H2,1-5H3;6-7,17-21H,8-16H2,1-5H3;11-13,16,18H,4-10H2,1-3H3;4,6,13-16,18H,5,7-12H2,1-3H3;4-5,13-16,18H,6-12H2,1-3H3;2-5H,1H3,(H,8,9,10);1H2;1H2/t2*17-,18+,19+,20+,21-,23+,24+;11-,12-,13-,16-,18+,19-,20-;2*13-,14+,15+,16+,18-,19+,20+;;;/m11011.../s1. The van der Waals surface area contributed by atoms with Gasteiger partial charge in [0.05, 0.1) is 67.2 Å². The number of halogens is 2. The number of benzene rings is 1. The summed E-state index contributed by atoms with van der Waals surface area (Å²) >= 11 is 9.53. The Balaban J connectivity index is 0.000000115. The number of fused-ring (bicyclic) bond motifs is 27. The summed E-state index contributed by atoms with van der Waals surface area (Å²) in [4.78, 5) is 37.7. The minimum Gasteiger partial charge on any atom is -0.459 e. The number of Topliss-reactive ketones (excluding diaryl/α,β-unsaturated/α-hetero) is 3. The van der Waals surface area contributed by atoms with Gasteiger partial charge in [0.25, 0.3) is 10.1 Å². The molecule has 774 valence electrons. The molecule has 0 radical (unpaired) electrons. The van der Waals surface area contributed by atoms with Crippen LogP contribution in [0.4, 0.5) is 0 Å². The Bertz CT molecular complexity index is 4680. The van der Waals surface area contributed by atoms with Crippen molar-refractivity contribution in [3.8, 4) is 0 Å². The first-order valence-electron chi connectivity index (χ1n) is 54.9. The molecule has 0 aromatic heterocycles. The zero-order valence-corrected chi connectivity index (χ0v) is 90.7. The molecule has 3 heterocycles. The maximum Gasteiger partial charge on any atom is 0.294 e. The average molecular weight is 1970 g/mol. The van der Waals surface area contributed by atoms with Crippen LogP contribution in [0.1, 0.15) is 327 Å². The molecule has 35 atom stereocenters. The highest BCUT2D eigenvalue weighted by Gasteiger charge is 2.74. The number of methoxy groups -OCH3 is 5. The molecule has 17 nitrogen and oxygen atoms in total. The summed E-state index contributed by atoms with van der Waals surface area (Å²) in [5.41, 5.74) is 2.86. The van der Waals surface area contributed by atoms with Gasteiger partial charge < -0.3 is 52.8 Å². The minimum atomic E-state index is -4.02. The molecular formula is C118H180Cl2O17S. The van der Waals surface area contributed by atoms with Crippen molar-refractivity contribution < 1.29 is 80.2 Å². The van der Waals surface area contributed by atoms with Gasteiger partial charge in [-0.05, 0) is 344 Å². The topological polar surface area (TPSA) is 233 Å². The average Bonchev–Trinajstić information content (AvgIpc) is 1.49. The number of carbonyl (C=O) groups excluding carboxylic acids is 3. The molecule has 3 N–H and O–H groups in total. The minimum absolute atomic E-state index is 0. The lowest BCUT2D eigenvalue weighted by Crippen LogP contribution is -2.63. The van der Waals surface area contributed by atoms with Gasteiger partial charge in [0.15, 0.2) is 11.6 Å². The maximum atomic E-state index is 12.6. The van der Waals surface area contributed by atoms with E-state index in [2.05, 4.69) is 146 Å². The van der Waals surface area contributed by atoms with Crippen LogP contribution in [0.15, 0.2) is 89.3 Å². The molecule has 20 aliphatic carbocycles. The number of aryl methyl sites for hydroxylation is 1. The second-order valence-electron chi connectivity index (χ2n) is 53.1. The highest BCUT2D eigenvalue weighted by molar-refractivity contribution is 7.85. The van der Waals surface area contributed by atoms with Crippen molar-refractivity contribution in [3.63, 3.8) is 0 Å². The number of ether oxygens (including phenoxy) is 10. The van der Waals surface area contributed by atoms with Crippen molar-refractivity contribution in [2.75, 3.05) is 67.3 Å². The van der Waals surface area contributed by atoms with Crippen LogP contribution in [0.3, 0.4) is 0 Å². The van der Waals surface area contributed by atoms with Gasteiger partial charge >= 0.3 is 0 Å². The van der Waals surface area contributed by atoms with E-state index in [1.807, 2.05) is 42.5 Å². The molecule has 2 saturated heterocycles. The molecule has 17 fully saturated rings. The Morgan fingerprint density at radius 1 is 0.391 bits per heavy atom. The Morgan fingerprint density at radius 2 is 0.725 bits per heavy atom. The third-order valence-electron chi connectivity index (χ3n) is 45.7. The Labute approximate surface area is 841 Å². The number of alkyl halides is 2. The molecule has 15 saturated carbocycles. The third kappa shape index (κ3) is 17.7. The quantitative estimate of drug-likeness (QED) is 0.158. The lowest BCUT2D eigenvalue weighted by molar-refractivity contribution is -0.353. The maximum absolute atomic E-state index is 12.6. The van der Waals surface area contributed by atoms with E-state index in [0.29, 0.717) is 134 Å². The fraction of sp³-hybridized carbons (Fsp3) is 0.839. The Kier molecular flexibility index (Phi) is 30.3. The molecule has 20 heteroatoms. The lowest BCUT2D eigenvalue weighted by Gasteiger charge is -2.63. The fourth-order valence-electron chi connectivity index (χ4n) is 38.3. The number of ketones is 3. The van der Waals surface area contributed by atoms with Gasteiger partial charge in [-0.3, -0.25) is 18.9 Å².